The van der Waals surface area contributed by atoms with Crippen molar-refractivity contribution in [2.75, 3.05) is 18.2 Å². The van der Waals surface area contributed by atoms with Gasteiger partial charge in [-0.15, -0.1) is 0 Å². The molecule has 0 saturated heterocycles. The van der Waals surface area contributed by atoms with Gasteiger partial charge in [-0.2, -0.15) is 0 Å². The highest BCUT2D eigenvalue weighted by molar-refractivity contribution is 9.10. The standard InChI is InChI=1S/C13H12BrFN2O/c1-18-9-3-4-10(14)13(7-9)17-12-5-2-8(15)6-11(12)16/h2-7,17H,16H2,1H3. The van der Waals surface area contributed by atoms with Crippen molar-refractivity contribution in [2.45, 2.75) is 0 Å². The zero-order valence-electron chi connectivity index (χ0n) is 9.71. The van der Waals surface area contributed by atoms with E-state index in [0.717, 1.165) is 15.9 Å². The zero-order valence-corrected chi connectivity index (χ0v) is 11.3. The molecule has 2 aromatic rings. The normalized spacial score (nSPS) is 10.2. The van der Waals surface area contributed by atoms with E-state index in [1.54, 1.807) is 13.2 Å². The summed E-state index contributed by atoms with van der Waals surface area (Å²) in [6, 6.07) is 9.75. The van der Waals surface area contributed by atoms with Gasteiger partial charge in [0, 0.05) is 10.5 Å². The van der Waals surface area contributed by atoms with Crippen molar-refractivity contribution < 1.29 is 9.13 Å². The van der Waals surface area contributed by atoms with Crippen LogP contribution >= 0.6 is 15.9 Å². The SMILES string of the molecule is COc1ccc(Br)c(Nc2ccc(F)cc2N)c1. The molecule has 3 nitrogen and oxygen atoms in total. The fraction of sp³-hybridized carbons (Fsp3) is 0.0769. The minimum absolute atomic E-state index is 0.352. The predicted octanol–water partition coefficient (Wildman–Crippen LogP) is 3.92. The van der Waals surface area contributed by atoms with Gasteiger partial charge in [0.1, 0.15) is 11.6 Å². The Kier molecular flexibility index (Phi) is 3.72. The van der Waals surface area contributed by atoms with Crippen LogP contribution in [0, 0.1) is 5.82 Å². The van der Waals surface area contributed by atoms with E-state index >= 15 is 0 Å². The van der Waals surface area contributed by atoms with Crippen molar-refractivity contribution in [2.24, 2.45) is 0 Å². The Morgan fingerprint density at radius 3 is 2.61 bits per heavy atom. The molecular weight excluding hydrogens is 299 g/mol. The highest BCUT2D eigenvalue weighted by Crippen LogP contribution is 2.31. The summed E-state index contributed by atoms with van der Waals surface area (Å²) in [6.07, 6.45) is 0. The maximum Gasteiger partial charge on any atom is 0.125 e. The zero-order chi connectivity index (χ0) is 13.1. The van der Waals surface area contributed by atoms with E-state index in [2.05, 4.69) is 21.2 Å². The Morgan fingerprint density at radius 1 is 1.17 bits per heavy atom. The highest BCUT2D eigenvalue weighted by Gasteiger charge is 2.05. The largest absolute Gasteiger partial charge is 0.497 e. The summed E-state index contributed by atoms with van der Waals surface area (Å²) in [5, 5.41) is 3.12. The molecule has 0 aromatic heterocycles. The van der Waals surface area contributed by atoms with Gasteiger partial charge in [0.05, 0.1) is 24.2 Å². The predicted molar refractivity (Wildman–Crippen MR) is 74.8 cm³/mol. The number of nitrogens with two attached hydrogens (primary N) is 1. The van der Waals surface area contributed by atoms with Crippen LogP contribution in [-0.4, -0.2) is 7.11 Å². The number of anilines is 3. The molecule has 0 aliphatic rings. The molecule has 2 rings (SSSR count). The van der Waals surface area contributed by atoms with Gasteiger partial charge in [0.2, 0.25) is 0 Å². The molecule has 0 fully saturated rings. The summed E-state index contributed by atoms with van der Waals surface area (Å²) in [7, 11) is 1.60. The van der Waals surface area contributed by atoms with Crippen LogP contribution in [-0.2, 0) is 0 Å². The monoisotopic (exact) mass is 310 g/mol. The van der Waals surface area contributed by atoms with E-state index in [9.17, 15) is 4.39 Å². The lowest BCUT2D eigenvalue weighted by Crippen LogP contribution is -1.98. The Labute approximate surface area is 113 Å². The Hall–Kier alpha value is -1.75. The molecular formula is C13H12BrFN2O. The second-order valence-electron chi connectivity index (χ2n) is 3.70. The molecule has 3 N–H and O–H groups in total. The molecule has 0 bridgehead atoms. The second-order valence-corrected chi connectivity index (χ2v) is 4.56. The lowest BCUT2D eigenvalue weighted by atomic mass is 10.2. The van der Waals surface area contributed by atoms with E-state index in [1.165, 1.54) is 12.1 Å². The molecule has 0 unspecified atom stereocenters. The van der Waals surface area contributed by atoms with Gasteiger partial charge < -0.3 is 15.8 Å². The molecule has 0 aliphatic carbocycles. The summed E-state index contributed by atoms with van der Waals surface area (Å²) >= 11 is 3.42. The summed E-state index contributed by atoms with van der Waals surface area (Å²) in [5.41, 5.74) is 7.53. The summed E-state index contributed by atoms with van der Waals surface area (Å²) in [4.78, 5) is 0. The number of nitrogens with one attached hydrogen (secondary N) is 1. The first-order valence-corrected chi connectivity index (χ1v) is 6.05. The van der Waals surface area contributed by atoms with Gasteiger partial charge in [-0.3, -0.25) is 0 Å². The second kappa shape index (κ2) is 5.27. The first kappa shape index (κ1) is 12.7. The van der Waals surface area contributed by atoms with E-state index in [0.29, 0.717) is 11.4 Å². The molecule has 0 saturated carbocycles. The number of benzene rings is 2. The van der Waals surface area contributed by atoms with Crippen LogP contribution in [0.4, 0.5) is 21.5 Å². The third kappa shape index (κ3) is 2.73. The van der Waals surface area contributed by atoms with Gasteiger partial charge >= 0.3 is 0 Å². The fourth-order valence-electron chi connectivity index (χ4n) is 1.52. The van der Waals surface area contributed by atoms with Gasteiger partial charge in [-0.05, 0) is 46.3 Å². The van der Waals surface area contributed by atoms with Gasteiger partial charge in [-0.25, -0.2) is 4.39 Å². The maximum atomic E-state index is 12.9. The van der Waals surface area contributed by atoms with Crippen molar-refractivity contribution >= 4 is 33.0 Å². The summed E-state index contributed by atoms with van der Waals surface area (Å²) < 4.78 is 19.0. The average molecular weight is 311 g/mol. The van der Waals surface area contributed by atoms with Crippen LogP contribution in [0.2, 0.25) is 0 Å². The molecule has 94 valence electrons. The van der Waals surface area contributed by atoms with Crippen molar-refractivity contribution in [3.63, 3.8) is 0 Å². The molecule has 18 heavy (non-hydrogen) atoms. The third-order valence-electron chi connectivity index (χ3n) is 2.46. The van der Waals surface area contributed by atoms with E-state index in [1.807, 2.05) is 18.2 Å². The van der Waals surface area contributed by atoms with Gasteiger partial charge in [0.15, 0.2) is 0 Å². The van der Waals surface area contributed by atoms with Crippen molar-refractivity contribution in [3.05, 3.63) is 46.7 Å². The lowest BCUT2D eigenvalue weighted by Gasteiger charge is -2.12. The number of nitrogen functional groups attached to an aromatic ring is 1. The van der Waals surface area contributed by atoms with E-state index in [-0.39, 0.29) is 5.82 Å². The average Bonchev–Trinajstić information content (AvgIpc) is 2.35. The number of rotatable bonds is 3. The molecule has 0 heterocycles. The first-order valence-electron chi connectivity index (χ1n) is 5.26. The molecule has 0 atom stereocenters. The summed E-state index contributed by atoms with van der Waals surface area (Å²) in [6.45, 7) is 0. The highest BCUT2D eigenvalue weighted by atomic mass is 79.9. The fourth-order valence-corrected chi connectivity index (χ4v) is 1.87. The number of methoxy groups -OCH3 is 1. The van der Waals surface area contributed by atoms with E-state index < -0.39 is 0 Å². The third-order valence-corrected chi connectivity index (χ3v) is 3.15. The van der Waals surface area contributed by atoms with Gasteiger partial charge in [0.25, 0.3) is 0 Å². The van der Waals surface area contributed by atoms with Crippen LogP contribution in [0.5, 0.6) is 5.75 Å². The van der Waals surface area contributed by atoms with Gasteiger partial charge in [-0.1, -0.05) is 0 Å². The number of hydrogen-bond donors (Lipinski definition) is 2. The van der Waals surface area contributed by atoms with Crippen LogP contribution in [0.1, 0.15) is 0 Å². The molecule has 0 radical (unpaired) electrons. The Morgan fingerprint density at radius 2 is 1.94 bits per heavy atom. The number of ether oxygens (including phenoxy) is 1. The Bertz CT molecular complexity index is 575. The number of halogens is 2. The molecule has 0 amide bonds. The molecule has 0 spiro atoms. The Balaban J connectivity index is 2.33. The minimum Gasteiger partial charge on any atom is -0.497 e. The van der Waals surface area contributed by atoms with Crippen LogP contribution in [0.15, 0.2) is 40.9 Å². The quantitative estimate of drug-likeness (QED) is 0.845. The van der Waals surface area contributed by atoms with Crippen molar-refractivity contribution in [1.82, 2.24) is 0 Å². The van der Waals surface area contributed by atoms with Crippen molar-refractivity contribution in [1.29, 1.82) is 0 Å². The number of hydrogen-bond acceptors (Lipinski definition) is 3. The maximum absolute atomic E-state index is 12.9. The van der Waals surface area contributed by atoms with Crippen LogP contribution in [0.25, 0.3) is 0 Å². The molecule has 5 heteroatoms. The van der Waals surface area contributed by atoms with Crippen molar-refractivity contribution in [3.8, 4) is 5.75 Å². The molecule has 0 aliphatic heterocycles. The topological polar surface area (TPSA) is 47.3 Å². The summed E-state index contributed by atoms with van der Waals surface area (Å²) in [5.74, 6) is 0.365. The van der Waals surface area contributed by atoms with Crippen LogP contribution in [0.3, 0.4) is 0 Å². The smallest absolute Gasteiger partial charge is 0.125 e. The first-order chi connectivity index (χ1) is 8.60. The lowest BCUT2D eigenvalue weighted by molar-refractivity contribution is 0.415. The van der Waals surface area contributed by atoms with Crippen LogP contribution < -0.4 is 15.8 Å². The minimum atomic E-state index is -0.359. The van der Waals surface area contributed by atoms with E-state index in [4.69, 9.17) is 10.5 Å². The molecule has 2 aromatic carbocycles.